The predicted octanol–water partition coefficient (Wildman–Crippen LogP) is 3.32. The molecule has 14 heteroatoms. The molecule has 0 fully saturated rings. The van der Waals surface area contributed by atoms with E-state index in [0.29, 0.717) is 119 Å². The lowest BCUT2D eigenvalue weighted by molar-refractivity contribution is -0.143. The lowest BCUT2D eigenvalue weighted by Crippen LogP contribution is -2.31. The van der Waals surface area contributed by atoms with Crippen LogP contribution in [0.2, 0.25) is 0 Å². The Morgan fingerprint density at radius 3 is 1.40 bits per heavy atom. The highest BCUT2D eigenvalue weighted by molar-refractivity contribution is 5.77. The Balaban J connectivity index is 1.71. The Labute approximate surface area is 298 Å². The number of hydrogen-bond acceptors (Lipinski definition) is 12. The highest BCUT2D eigenvalue weighted by Crippen LogP contribution is 2.15. The second-order valence-corrected chi connectivity index (χ2v) is 11.1. The molecular weight excluding hydrogens is 654 g/mol. The minimum Gasteiger partial charge on any atom is -0.491 e. The number of nitrogens with one attached hydrogen (secondary N) is 1. The molecule has 0 spiro atoms. The quantitative estimate of drug-likeness (QED) is 0.0957. The van der Waals surface area contributed by atoms with E-state index in [1.54, 1.807) is 0 Å². The van der Waals surface area contributed by atoms with E-state index in [1.807, 2.05) is 12.1 Å². The zero-order valence-electron chi connectivity index (χ0n) is 30.2. The van der Waals surface area contributed by atoms with Gasteiger partial charge in [0.2, 0.25) is 5.91 Å². The Hall–Kier alpha value is -2.40. The van der Waals surface area contributed by atoms with Gasteiger partial charge in [-0.25, -0.2) is 4.79 Å². The van der Waals surface area contributed by atoms with Crippen molar-refractivity contribution < 1.29 is 62.1 Å². The highest BCUT2D eigenvalue weighted by Gasteiger charge is 2.03. The van der Waals surface area contributed by atoms with Crippen molar-refractivity contribution in [1.82, 2.24) is 5.32 Å². The van der Waals surface area contributed by atoms with Gasteiger partial charge in [0, 0.05) is 6.54 Å². The van der Waals surface area contributed by atoms with E-state index < -0.39 is 18.5 Å². The smallest absolute Gasteiger partial charge is 0.329 e. The molecule has 0 aliphatic heterocycles. The molecule has 0 aliphatic rings. The molecule has 0 saturated carbocycles. The maximum atomic E-state index is 11.4. The van der Waals surface area contributed by atoms with Crippen LogP contribution in [0.5, 0.6) is 5.75 Å². The SMILES string of the molecule is CCCCCCCCc1ccc(OCCOCCOCCOCCOCCOCCOCCOCCOCCNC(=O)COCC(=O)O)cc1. The third kappa shape index (κ3) is 32.8. The molecule has 2 N–H and O–H groups in total. The molecular formula is C36H63NO13. The van der Waals surface area contributed by atoms with E-state index in [1.165, 1.54) is 44.1 Å². The summed E-state index contributed by atoms with van der Waals surface area (Å²) in [6.07, 6.45) is 9.04. The van der Waals surface area contributed by atoms with Gasteiger partial charge < -0.3 is 57.8 Å². The van der Waals surface area contributed by atoms with Crippen LogP contribution in [-0.2, 0) is 58.6 Å². The first-order valence-corrected chi connectivity index (χ1v) is 18.0. The lowest BCUT2D eigenvalue weighted by atomic mass is 10.0. The molecule has 1 rings (SSSR count). The summed E-state index contributed by atoms with van der Waals surface area (Å²) in [5.74, 6) is -0.641. The van der Waals surface area contributed by atoms with Crippen molar-refractivity contribution in [3.63, 3.8) is 0 Å². The second kappa shape index (κ2) is 36.4. The molecule has 0 saturated heterocycles. The van der Waals surface area contributed by atoms with Crippen LogP contribution in [0, 0.1) is 0 Å². The van der Waals surface area contributed by atoms with Crippen LogP contribution in [0.15, 0.2) is 24.3 Å². The standard InChI is InChI=1S/C36H63NO13/c1-2-3-4-5-6-7-8-33-9-11-34(12-10-33)50-30-29-48-28-27-47-26-25-46-24-23-45-22-21-44-20-19-43-18-17-42-16-15-41-14-13-37-35(38)31-49-32-36(39)40/h9-12H,2-8,13-32H2,1H3,(H,37,38)(H,39,40). The molecule has 0 bridgehead atoms. The Morgan fingerprint density at radius 2 is 0.940 bits per heavy atom. The lowest BCUT2D eigenvalue weighted by Gasteiger charge is -2.09. The first-order chi connectivity index (χ1) is 24.6. The summed E-state index contributed by atoms with van der Waals surface area (Å²) in [5, 5.41) is 11.0. The van der Waals surface area contributed by atoms with Gasteiger partial charge in [-0.2, -0.15) is 0 Å². The van der Waals surface area contributed by atoms with E-state index in [0.717, 1.165) is 12.2 Å². The Bertz CT molecular complexity index is 891. The van der Waals surface area contributed by atoms with Gasteiger partial charge in [0.05, 0.1) is 106 Å². The summed E-state index contributed by atoms with van der Waals surface area (Å²) in [6, 6.07) is 8.40. The molecule has 1 aromatic carbocycles. The largest absolute Gasteiger partial charge is 0.491 e. The normalized spacial score (nSPS) is 11.2. The van der Waals surface area contributed by atoms with E-state index in [2.05, 4.69) is 29.1 Å². The molecule has 0 unspecified atom stereocenters. The topological polar surface area (TPSA) is 159 Å². The molecule has 0 heterocycles. The summed E-state index contributed by atoms with van der Waals surface area (Å²) >= 11 is 0. The molecule has 50 heavy (non-hydrogen) atoms. The van der Waals surface area contributed by atoms with Crippen LogP contribution < -0.4 is 10.1 Å². The molecule has 1 aromatic rings. The molecule has 1 amide bonds. The monoisotopic (exact) mass is 717 g/mol. The van der Waals surface area contributed by atoms with Crippen LogP contribution >= 0.6 is 0 Å². The van der Waals surface area contributed by atoms with Crippen LogP contribution in [0.3, 0.4) is 0 Å². The summed E-state index contributed by atoms with van der Waals surface area (Å²) in [4.78, 5) is 21.7. The van der Waals surface area contributed by atoms with Crippen molar-refractivity contribution in [3.8, 4) is 5.75 Å². The van der Waals surface area contributed by atoms with E-state index in [4.69, 9.17) is 47.7 Å². The summed E-state index contributed by atoms with van der Waals surface area (Å²) in [7, 11) is 0. The van der Waals surface area contributed by atoms with Crippen LogP contribution in [0.25, 0.3) is 0 Å². The predicted molar refractivity (Wildman–Crippen MR) is 187 cm³/mol. The molecule has 290 valence electrons. The zero-order valence-corrected chi connectivity index (χ0v) is 30.2. The van der Waals surface area contributed by atoms with Crippen molar-refractivity contribution in [1.29, 1.82) is 0 Å². The molecule has 0 aliphatic carbocycles. The number of carboxylic acids is 1. The van der Waals surface area contributed by atoms with Gasteiger partial charge in [-0.3, -0.25) is 4.79 Å². The van der Waals surface area contributed by atoms with Gasteiger partial charge >= 0.3 is 5.97 Å². The fourth-order valence-electron chi connectivity index (χ4n) is 4.27. The molecule has 14 nitrogen and oxygen atoms in total. The van der Waals surface area contributed by atoms with Crippen molar-refractivity contribution in [3.05, 3.63) is 29.8 Å². The van der Waals surface area contributed by atoms with Crippen molar-refractivity contribution >= 4 is 11.9 Å². The molecule has 0 aromatic heterocycles. The van der Waals surface area contributed by atoms with Crippen LogP contribution in [0.1, 0.15) is 51.0 Å². The van der Waals surface area contributed by atoms with Gasteiger partial charge in [0.15, 0.2) is 0 Å². The highest BCUT2D eigenvalue weighted by atomic mass is 16.6. The Kier molecular flexibility index (Phi) is 33.2. The van der Waals surface area contributed by atoms with Crippen molar-refractivity contribution in [2.24, 2.45) is 0 Å². The number of unbranched alkanes of at least 4 members (excludes halogenated alkanes) is 5. The molecule has 0 radical (unpaired) electrons. The second-order valence-electron chi connectivity index (χ2n) is 11.1. The average molecular weight is 718 g/mol. The van der Waals surface area contributed by atoms with Gasteiger partial charge in [-0.05, 0) is 30.5 Å². The average Bonchev–Trinajstić information content (AvgIpc) is 3.11. The van der Waals surface area contributed by atoms with Crippen molar-refractivity contribution in [2.75, 3.05) is 132 Å². The third-order valence-electron chi connectivity index (χ3n) is 6.87. The third-order valence-corrected chi connectivity index (χ3v) is 6.87. The number of hydrogen-bond donors (Lipinski definition) is 2. The van der Waals surface area contributed by atoms with Crippen LogP contribution in [-0.4, -0.2) is 149 Å². The first-order valence-electron chi connectivity index (χ1n) is 18.0. The Morgan fingerprint density at radius 1 is 0.520 bits per heavy atom. The first kappa shape index (κ1) is 45.6. The van der Waals surface area contributed by atoms with E-state index >= 15 is 0 Å². The van der Waals surface area contributed by atoms with Gasteiger partial charge in [0.25, 0.3) is 0 Å². The molecule has 0 atom stereocenters. The number of carboxylic acid groups (broad SMARTS) is 1. The minimum atomic E-state index is -1.12. The van der Waals surface area contributed by atoms with Gasteiger partial charge in [0.1, 0.15) is 25.6 Å². The maximum Gasteiger partial charge on any atom is 0.329 e. The summed E-state index contributed by atoms with van der Waals surface area (Å²) in [6.45, 7) is 9.69. The number of rotatable bonds is 39. The van der Waals surface area contributed by atoms with E-state index in [9.17, 15) is 9.59 Å². The van der Waals surface area contributed by atoms with Crippen molar-refractivity contribution in [2.45, 2.75) is 51.9 Å². The minimum absolute atomic E-state index is 0.299. The number of amides is 1. The van der Waals surface area contributed by atoms with Crippen LogP contribution in [0.4, 0.5) is 0 Å². The van der Waals surface area contributed by atoms with E-state index in [-0.39, 0.29) is 6.61 Å². The number of carbonyl (C=O) groups excluding carboxylic acids is 1. The fourth-order valence-corrected chi connectivity index (χ4v) is 4.27. The maximum absolute atomic E-state index is 11.4. The fraction of sp³-hybridized carbons (Fsp3) is 0.778. The number of ether oxygens (including phenoxy) is 10. The van der Waals surface area contributed by atoms with Gasteiger partial charge in [-0.1, -0.05) is 51.2 Å². The van der Waals surface area contributed by atoms with Gasteiger partial charge in [-0.15, -0.1) is 0 Å². The summed E-state index contributed by atoms with van der Waals surface area (Å²) < 4.78 is 54.2. The zero-order chi connectivity index (χ0) is 36.0. The number of benzene rings is 1. The number of aryl methyl sites for hydroxylation is 1. The summed E-state index contributed by atoms with van der Waals surface area (Å²) in [5.41, 5.74) is 1.37. The number of aliphatic carboxylic acids is 1. The number of carbonyl (C=O) groups is 2.